The Morgan fingerprint density at radius 1 is 0.967 bits per heavy atom. The average molecular weight is 418 g/mol. The molecule has 1 saturated heterocycles. The summed E-state index contributed by atoms with van der Waals surface area (Å²) >= 11 is 0. The second kappa shape index (κ2) is 7.85. The zero-order valence-corrected chi connectivity index (χ0v) is 21.1. The molecule has 0 bridgehead atoms. The van der Waals surface area contributed by atoms with E-state index in [2.05, 4.69) is 69.2 Å². The van der Waals surface area contributed by atoms with Crippen molar-refractivity contribution in [2.45, 2.75) is 123 Å². The van der Waals surface area contributed by atoms with E-state index in [4.69, 9.17) is 4.84 Å². The third-order valence-electron chi connectivity index (χ3n) is 6.46. The molecular weight excluding hydrogens is 374 g/mol. The summed E-state index contributed by atoms with van der Waals surface area (Å²) in [6.07, 6.45) is 3.13. The highest BCUT2D eigenvalue weighted by Crippen LogP contribution is 2.42. The standard InChI is InChI=1S/C26H43NO3/c1-17(22(29)30-27-25(8,9)13-12-14-26(27,10)11)18-15-19(23(2,3)4)21(28)20(16-18)24(5,6)7/h15-17,28H,12-14H2,1-11H3. The maximum absolute atomic E-state index is 13.3. The molecule has 0 aliphatic carbocycles. The van der Waals surface area contributed by atoms with Gasteiger partial charge < -0.3 is 9.94 Å². The second-order valence-corrected chi connectivity index (χ2v) is 12.4. The number of rotatable bonds is 3. The molecule has 1 aromatic carbocycles. The van der Waals surface area contributed by atoms with E-state index in [1.54, 1.807) is 0 Å². The minimum Gasteiger partial charge on any atom is -0.507 e. The fraction of sp³-hybridized carbons (Fsp3) is 0.731. The van der Waals surface area contributed by atoms with Gasteiger partial charge in [0.15, 0.2) is 0 Å². The third-order valence-corrected chi connectivity index (χ3v) is 6.46. The van der Waals surface area contributed by atoms with Crippen molar-refractivity contribution < 1.29 is 14.7 Å². The monoisotopic (exact) mass is 417 g/mol. The molecule has 1 unspecified atom stereocenters. The van der Waals surface area contributed by atoms with Crippen molar-refractivity contribution in [3.63, 3.8) is 0 Å². The maximum atomic E-state index is 13.3. The first kappa shape index (κ1) is 24.7. The van der Waals surface area contributed by atoms with Gasteiger partial charge in [0.25, 0.3) is 0 Å². The fourth-order valence-corrected chi connectivity index (χ4v) is 4.58. The summed E-state index contributed by atoms with van der Waals surface area (Å²) in [5.41, 5.74) is 1.76. The first-order valence-corrected chi connectivity index (χ1v) is 11.3. The molecule has 0 spiro atoms. The van der Waals surface area contributed by atoms with E-state index in [1.165, 1.54) is 0 Å². The lowest BCUT2D eigenvalue weighted by Gasteiger charge is -2.50. The van der Waals surface area contributed by atoms with Gasteiger partial charge in [0.2, 0.25) is 0 Å². The summed E-state index contributed by atoms with van der Waals surface area (Å²) in [5.74, 6) is -0.345. The first-order valence-electron chi connectivity index (χ1n) is 11.3. The zero-order chi connectivity index (χ0) is 23.3. The molecule has 1 aliphatic rings. The zero-order valence-electron chi connectivity index (χ0n) is 21.1. The van der Waals surface area contributed by atoms with Gasteiger partial charge >= 0.3 is 5.97 Å². The normalized spacial score (nSPS) is 20.6. The van der Waals surface area contributed by atoms with Crippen LogP contribution in [0.2, 0.25) is 0 Å². The lowest BCUT2D eigenvalue weighted by molar-refractivity contribution is -0.266. The molecule has 1 heterocycles. The van der Waals surface area contributed by atoms with Crippen LogP contribution >= 0.6 is 0 Å². The number of benzene rings is 1. The van der Waals surface area contributed by atoms with Gasteiger partial charge in [-0.3, -0.25) is 0 Å². The molecule has 1 fully saturated rings. The number of phenols is 1. The molecule has 170 valence electrons. The molecular formula is C26H43NO3. The van der Waals surface area contributed by atoms with E-state index in [1.807, 2.05) is 24.1 Å². The number of hydrogen-bond acceptors (Lipinski definition) is 4. The number of hydrogen-bond donors (Lipinski definition) is 1. The molecule has 0 aromatic heterocycles. The van der Waals surface area contributed by atoms with Crippen molar-refractivity contribution in [1.82, 2.24) is 5.06 Å². The van der Waals surface area contributed by atoms with E-state index in [0.29, 0.717) is 5.75 Å². The van der Waals surface area contributed by atoms with Gasteiger partial charge in [-0.25, -0.2) is 4.79 Å². The van der Waals surface area contributed by atoms with E-state index in [-0.39, 0.29) is 27.9 Å². The quantitative estimate of drug-likeness (QED) is 0.602. The van der Waals surface area contributed by atoms with E-state index in [0.717, 1.165) is 36.0 Å². The van der Waals surface area contributed by atoms with Crippen LogP contribution < -0.4 is 0 Å². The van der Waals surface area contributed by atoms with Gasteiger partial charge in [0.05, 0.1) is 17.0 Å². The number of carbonyl (C=O) groups excluding carboxylic acids is 1. The molecule has 4 heteroatoms. The Morgan fingerprint density at radius 3 is 1.73 bits per heavy atom. The molecule has 0 radical (unpaired) electrons. The molecule has 1 aliphatic heterocycles. The molecule has 1 atom stereocenters. The van der Waals surface area contributed by atoms with Crippen LogP contribution in [-0.4, -0.2) is 27.2 Å². The first-order chi connectivity index (χ1) is 13.4. The molecule has 1 N–H and O–H groups in total. The van der Waals surface area contributed by atoms with Crippen LogP contribution in [0.25, 0.3) is 0 Å². The number of phenolic OH excluding ortho intramolecular Hbond substituents is 1. The number of carbonyl (C=O) groups is 1. The molecule has 0 amide bonds. The van der Waals surface area contributed by atoms with Crippen molar-refractivity contribution >= 4 is 5.97 Å². The summed E-state index contributed by atoms with van der Waals surface area (Å²) in [6.45, 7) is 23.0. The summed E-state index contributed by atoms with van der Waals surface area (Å²) in [5, 5.41) is 12.9. The topological polar surface area (TPSA) is 49.8 Å². The minimum atomic E-state index is -0.429. The van der Waals surface area contributed by atoms with Crippen LogP contribution in [-0.2, 0) is 20.5 Å². The Hall–Kier alpha value is -1.55. The Balaban J connectivity index is 2.44. The number of piperidine rings is 1. The van der Waals surface area contributed by atoms with E-state index in [9.17, 15) is 9.90 Å². The van der Waals surface area contributed by atoms with Gasteiger partial charge in [-0.2, -0.15) is 0 Å². The van der Waals surface area contributed by atoms with Gasteiger partial charge in [-0.15, -0.1) is 5.06 Å². The van der Waals surface area contributed by atoms with Crippen LogP contribution in [0.1, 0.15) is 118 Å². The van der Waals surface area contributed by atoms with Crippen molar-refractivity contribution in [2.24, 2.45) is 0 Å². The highest BCUT2D eigenvalue weighted by Gasteiger charge is 2.45. The van der Waals surface area contributed by atoms with Gasteiger partial charge in [0, 0.05) is 0 Å². The summed E-state index contributed by atoms with van der Waals surface area (Å²) in [4.78, 5) is 19.3. The third kappa shape index (κ3) is 5.01. The fourth-order valence-electron chi connectivity index (χ4n) is 4.58. The Morgan fingerprint density at radius 2 is 1.37 bits per heavy atom. The largest absolute Gasteiger partial charge is 0.507 e. The molecule has 4 nitrogen and oxygen atoms in total. The summed E-state index contributed by atoms with van der Waals surface area (Å²) < 4.78 is 0. The molecule has 0 saturated carbocycles. The average Bonchev–Trinajstić information content (AvgIpc) is 2.55. The highest BCUT2D eigenvalue weighted by atomic mass is 16.7. The van der Waals surface area contributed by atoms with Crippen LogP contribution in [0.3, 0.4) is 0 Å². The van der Waals surface area contributed by atoms with Gasteiger partial charge in [-0.1, -0.05) is 53.7 Å². The summed E-state index contributed by atoms with van der Waals surface area (Å²) in [7, 11) is 0. The Bertz CT molecular complexity index is 742. The van der Waals surface area contributed by atoms with Crippen molar-refractivity contribution in [3.05, 3.63) is 28.8 Å². The van der Waals surface area contributed by atoms with Crippen LogP contribution in [0.4, 0.5) is 0 Å². The number of nitrogens with zero attached hydrogens (tertiary/aromatic N) is 1. The van der Waals surface area contributed by atoms with Crippen LogP contribution in [0, 0.1) is 0 Å². The smallest absolute Gasteiger partial charge is 0.332 e. The number of aromatic hydroxyl groups is 1. The predicted octanol–water partition coefficient (Wildman–Crippen LogP) is 6.59. The van der Waals surface area contributed by atoms with Crippen molar-refractivity contribution in [2.75, 3.05) is 0 Å². The second-order valence-electron chi connectivity index (χ2n) is 12.4. The molecule has 30 heavy (non-hydrogen) atoms. The van der Waals surface area contributed by atoms with Gasteiger partial charge in [-0.05, 0) is 81.4 Å². The van der Waals surface area contributed by atoms with Crippen LogP contribution in [0.5, 0.6) is 5.75 Å². The summed E-state index contributed by atoms with van der Waals surface area (Å²) in [6, 6.07) is 3.95. The van der Waals surface area contributed by atoms with E-state index >= 15 is 0 Å². The Kier molecular flexibility index (Phi) is 6.47. The lowest BCUT2D eigenvalue weighted by Crippen LogP contribution is -2.59. The lowest BCUT2D eigenvalue weighted by atomic mass is 9.77. The maximum Gasteiger partial charge on any atom is 0.332 e. The molecule has 2 rings (SSSR count). The Labute approximate surface area is 184 Å². The number of hydroxylamine groups is 2. The van der Waals surface area contributed by atoms with E-state index < -0.39 is 5.92 Å². The molecule has 1 aromatic rings. The minimum absolute atomic E-state index is 0.195. The SMILES string of the molecule is CC(C(=O)ON1C(C)(C)CCCC1(C)C)c1cc(C(C)(C)C)c(O)c(C(C)(C)C)c1. The van der Waals surface area contributed by atoms with Gasteiger partial charge in [0.1, 0.15) is 5.75 Å². The van der Waals surface area contributed by atoms with Crippen LogP contribution in [0.15, 0.2) is 12.1 Å². The highest BCUT2D eigenvalue weighted by molar-refractivity contribution is 5.78. The van der Waals surface area contributed by atoms with Crippen molar-refractivity contribution in [1.29, 1.82) is 0 Å². The predicted molar refractivity (Wildman–Crippen MR) is 124 cm³/mol. The van der Waals surface area contributed by atoms with Crippen molar-refractivity contribution in [3.8, 4) is 5.75 Å².